The molecule has 36 heavy (non-hydrogen) atoms. The summed E-state index contributed by atoms with van der Waals surface area (Å²) in [6.45, 7) is 3.89. The lowest BCUT2D eigenvalue weighted by atomic mass is 10.1. The molecule has 0 spiro atoms. The van der Waals surface area contributed by atoms with Gasteiger partial charge in [-0.2, -0.15) is 0 Å². The van der Waals surface area contributed by atoms with E-state index in [1.165, 1.54) is 16.7 Å². The Balaban J connectivity index is 1.42. The standard InChI is InChI=1S/C27H23BrClN3O3S/c1-16-7-8-19(11-17(16)2)30-25(33)15-35-21-6-4-5-18(12-21)13-24-26(34)32(3)27(36-24)31-20-9-10-22(28)23(29)14-20/h4-14H,15H2,1-3H3,(H,30,33)/b24-13+,31-27?. The monoisotopic (exact) mass is 583 g/mol. The van der Waals surface area contributed by atoms with Gasteiger partial charge in [-0.05, 0) is 107 Å². The molecule has 4 rings (SSSR count). The second-order valence-corrected chi connectivity index (χ2v) is 10.4. The van der Waals surface area contributed by atoms with E-state index in [9.17, 15) is 9.59 Å². The highest BCUT2D eigenvalue weighted by molar-refractivity contribution is 9.10. The fourth-order valence-electron chi connectivity index (χ4n) is 3.33. The third kappa shape index (κ3) is 6.37. The van der Waals surface area contributed by atoms with Crippen LogP contribution in [0.4, 0.5) is 11.4 Å². The van der Waals surface area contributed by atoms with Crippen LogP contribution >= 0.6 is 39.3 Å². The maximum atomic E-state index is 12.8. The van der Waals surface area contributed by atoms with Crippen LogP contribution in [0, 0.1) is 13.8 Å². The van der Waals surface area contributed by atoms with Crippen LogP contribution in [0.3, 0.4) is 0 Å². The van der Waals surface area contributed by atoms with Crippen LogP contribution in [0.25, 0.3) is 6.08 Å². The van der Waals surface area contributed by atoms with E-state index in [2.05, 4.69) is 26.2 Å². The van der Waals surface area contributed by atoms with Crippen molar-refractivity contribution in [3.05, 3.63) is 91.8 Å². The van der Waals surface area contributed by atoms with Crippen molar-refractivity contribution in [2.24, 2.45) is 4.99 Å². The van der Waals surface area contributed by atoms with Gasteiger partial charge in [-0.25, -0.2) is 4.99 Å². The Kier molecular flexibility index (Phi) is 8.18. The van der Waals surface area contributed by atoms with Crippen LogP contribution in [0.1, 0.15) is 16.7 Å². The van der Waals surface area contributed by atoms with Crippen molar-refractivity contribution in [2.75, 3.05) is 19.0 Å². The first-order valence-electron chi connectivity index (χ1n) is 11.0. The third-order valence-electron chi connectivity index (χ3n) is 5.45. The zero-order valence-corrected chi connectivity index (χ0v) is 23.0. The molecule has 1 aliphatic rings. The van der Waals surface area contributed by atoms with Crippen molar-refractivity contribution in [3.8, 4) is 5.75 Å². The molecule has 0 bridgehead atoms. The van der Waals surface area contributed by atoms with Crippen LogP contribution in [0.2, 0.25) is 5.02 Å². The van der Waals surface area contributed by atoms with Crippen LogP contribution < -0.4 is 10.1 Å². The van der Waals surface area contributed by atoms with Gasteiger partial charge in [0.05, 0.1) is 15.6 Å². The number of carbonyl (C=O) groups is 2. The zero-order valence-electron chi connectivity index (χ0n) is 19.8. The van der Waals surface area contributed by atoms with Gasteiger partial charge in [-0.1, -0.05) is 29.8 Å². The summed E-state index contributed by atoms with van der Waals surface area (Å²) in [4.78, 5) is 31.7. The predicted molar refractivity (Wildman–Crippen MR) is 151 cm³/mol. The number of nitrogens with zero attached hydrogens (tertiary/aromatic N) is 2. The molecule has 2 amide bonds. The minimum atomic E-state index is -0.251. The van der Waals surface area contributed by atoms with Gasteiger partial charge >= 0.3 is 0 Å². The molecule has 1 saturated heterocycles. The zero-order chi connectivity index (χ0) is 25.8. The molecule has 6 nitrogen and oxygen atoms in total. The number of aliphatic imine (C=N–C) groups is 1. The van der Waals surface area contributed by atoms with Crippen molar-refractivity contribution in [2.45, 2.75) is 13.8 Å². The fourth-order valence-corrected chi connectivity index (χ4v) is 4.74. The molecular formula is C27H23BrClN3O3S. The van der Waals surface area contributed by atoms with Gasteiger partial charge in [-0.15, -0.1) is 0 Å². The van der Waals surface area contributed by atoms with E-state index in [1.807, 2.05) is 56.3 Å². The highest BCUT2D eigenvalue weighted by atomic mass is 79.9. The number of anilines is 1. The van der Waals surface area contributed by atoms with E-state index in [4.69, 9.17) is 16.3 Å². The molecular weight excluding hydrogens is 562 g/mol. The number of aryl methyl sites for hydroxylation is 2. The molecule has 0 saturated carbocycles. The average molecular weight is 585 g/mol. The van der Waals surface area contributed by atoms with Crippen LogP contribution in [0.15, 0.2) is 75.0 Å². The van der Waals surface area contributed by atoms with Crippen molar-refractivity contribution < 1.29 is 14.3 Å². The number of ether oxygens (including phenoxy) is 1. The Morgan fingerprint density at radius 2 is 1.94 bits per heavy atom. The summed E-state index contributed by atoms with van der Waals surface area (Å²) in [5.74, 6) is 0.127. The largest absolute Gasteiger partial charge is 0.484 e. The number of hydrogen-bond acceptors (Lipinski definition) is 5. The van der Waals surface area contributed by atoms with Crippen molar-refractivity contribution >= 4 is 73.7 Å². The molecule has 3 aromatic carbocycles. The van der Waals surface area contributed by atoms with Gasteiger partial charge in [0.15, 0.2) is 11.8 Å². The quantitative estimate of drug-likeness (QED) is 0.318. The molecule has 1 fully saturated rings. The molecule has 3 aromatic rings. The van der Waals surface area contributed by atoms with Crippen LogP contribution in [-0.2, 0) is 9.59 Å². The molecule has 1 aliphatic heterocycles. The Morgan fingerprint density at radius 3 is 2.69 bits per heavy atom. The number of hydrogen-bond donors (Lipinski definition) is 1. The Hall–Kier alpha value is -3.07. The number of benzene rings is 3. The van der Waals surface area contributed by atoms with E-state index < -0.39 is 0 Å². The van der Waals surface area contributed by atoms with Crippen LogP contribution in [-0.4, -0.2) is 35.5 Å². The van der Waals surface area contributed by atoms with E-state index in [-0.39, 0.29) is 18.4 Å². The number of amides is 2. The van der Waals surface area contributed by atoms with Gasteiger partial charge in [0.2, 0.25) is 0 Å². The first-order chi connectivity index (χ1) is 17.2. The Morgan fingerprint density at radius 1 is 1.14 bits per heavy atom. The van der Waals surface area contributed by atoms with Gasteiger partial charge in [-0.3, -0.25) is 14.5 Å². The first-order valence-corrected chi connectivity index (χ1v) is 13.0. The van der Waals surface area contributed by atoms with E-state index >= 15 is 0 Å². The Bertz CT molecular complexity index is 1410. The minimum Gasteiger partial charge on any atom is -0.484 e. The molecule has 1 N–H and O–H groups in total. The lowest BCUT2D eigenvalue weighted by molar-refractivity contribution is -0.121. The lowest BCUT2D eigenvalue weighted by Crippen LogP contribution is -2.23. The summed E-state index contributed by atoms with van der Waals surface area (Å²) >= 11 is 10.8. The van der Waals surface area contributed by atoms with E-state index in [1.54, 1.807) is 31.3 Å². The lowest BCUT2D eigenvalue weighted by Gasteiger charge is -2.09. The maximum absolute atomic E-state index is 12.8. The molecule has 0 unspecified atom stereocenters. The van der Waals surface area contributed by atoms with Gasteiger partial charge in [0.1, 0.15) is 5.75 Å². The number of rotatable bonds is 6. The average Bonchev–Trinajstić information content (AvgIpc) is 3.10. The number of halogens is 2. The minimum absolute atomic E-state index is 0.129. The summed E-state index contributed by atoms with van der Waals surface area (Å²) < 4.78 is 6.46. The van der Waals surface area contributed by atoms with Crippen molar-refractivity contribution in [3.63, 3.8) is 0 Å². The number of carbonyl (C=O) groups excluding carboxylic acids is 2. The second-order valence-electron chi connectivity index (χ2n) is 8.18. The predicted octanol–water partition coefficient (Wildman–Crippen LogP) is 6.97. The first kappa shape index (κ1) is 26.0. The van der Waals surface area contributed by atoms with Gasteiger partial charge in [0, 0.05) is 17.2 Å². The van der Waals surface area contributed by atoms with Crippen molar-refractivity contribution in [1.29, 1.82) is 0 Å². The molecule has 184 valence electrons. The summed E-state index contributed by atoms with van der Waals surface area (Å²) in [5.41, 5.74) is 4.43. The highest BCUT2D eigenvalue weighted by Gasteiger charge is 2.30. The van der Waals surface area contributed by atoms with Crippen LogP contribution in [0.5, 0.6) is 5.75 Å². The fraction of sp³-hybridized carbons (Fsp3) is 0.148. The second kappa shape index (κ2) is 11.3. The number of amidine groups is 1. The molecule has 0 radical (unpaired) electrons. The third-order valence-corrected chi connectivity index (χ3v) is 7.74. The van der Waals surface area contributed by atoms with Gasteiger partial charge < -0.3 is 10.1 Å². The topological polar surface area (TPSA) is 71.0 Å². The molecule has 9 heteroatoms. The molecule has 0 atom stereocenters. The summed E-state index contributed by atoms with van der Waals surface area (Å²) in [6, 6.07) is 18.4. The number of thioether (sulfide) groups is 1. The Labute approximate surface area is 227 Å². The smallest absolute Gasteiger partial charge is 0.266 e. The van der Waals surface area contributed by atoms with E-state index in [0.717, 1.165) is 26.9 Å². The summed E-state index contributed by atoms with van der Waals surface area (Å²) in [6.07, 6.45) is 1.78. The molecule has 0 aliphatic carbocycles. The summed E-state index contributed by atoms with van der Waals surface area (Å²) in [5, 5.41) is 3.94. The maximum Gasteiger partial charge on any atom is 0.266 e. The molecule has 1 heterocycles. The SMILES string of the molecule is Cc1ccc(NC(=O)COc2cccc(/C=C3/SC(=Nc4ccc(Br)c(Cl)c4)N(C)C3=O)c2)cc1C. The normalized spacial score (nSPS) is 15.6. The van der Waals surface area contributed by atoms with Gasteiger partial charge in [0.25, 0.3) is 11.8 Å². The summed E-state index contributed by atoms with van der Waals surface area (Å²) in [7, 11) is 1.68. The number of nitrogens with one attached hydrogen (secondary N) is 1. The van der Waals surface area contributed by atoms with E-state index in [0.29, 0.717) is 26.5 Å². The highest BCUT2D eigenvalue weighted by Crippen LogP contribution is 2.35. The number of likely N-dealkylation sites (N-methyl/N-ethyl adjacent to an activating group) is 1. The van der Waals surface area contributed by atoms with Crippen molar-refractivity contribution in [1.82, 2.24) is 4.90 Å². The molecule has 0 aromatic heterocycles.